The predicted molar refractivity (Wildman–Crippen MR) is 118 cm³/mol. The van der Waals surface area contributed by atoms with Crippen molar-refractivity contribution in [2.24, 2.45) is 0 Å². The number of hydrogen-bond acceptors (Lipinski definition) is 0. The molecule has 0 aromatic heterocycles. The van der Waals surface area contributed by atoms with Crippen LogP contribution in [-0.2, 0) is 0 Å². The molecule has 0 saturated carbocycles. The van der Waals surface area contributed by atoms with Crippen LogP contribution in [0, 0.1) is 0 Å². The Morgan fingerprint density at radius 3 is 1.21 bits per heavy atom. The van der Waals surface area contributed by atoms with E-state index in [1.54, 1.807) is 12.1 Å². The first-order valence-corrected chi connectivity index (χ1v) is 11.3. The van der Waals surface area contributed by atoms with Gasteiger partial charge in [0.25, 0.3) is 0 Å². The van der Waals surface area contributed by atoms with Gasteiger partial charge in [-0.2, -0.15) is 0 Å². The van der Waals surface area contributed by atoms with Crippen LogP contribution in [0.15, 0.2) is 115 Å². The zero-order valence-corrected chi connectivity index (χ0v) is 16.3. The van der Waals surface area contributed by atoms with Crippen molar-refractivity contribution in [3.05, 3.63) is 121 Å². The van der Waals surface area contributed by atoms with Gasteiger partial charge in [0.2, 0.25) is 0 Å². The third kappa shape index (κ3) is 3.15. The molecule has 4 rings (SSSR count). The zero-order chi connectivity index (χ0) is 19.4. The average Bonchev–Trinajstić information content (AvgIpc) is 2.77. The molecule has 0 aliphatic carbocycles. The standard InChI is InChI=1S/C25H21F2P/c26-25(27)23-18-10-11-19-24(23)28(20-12-4-1-5-13-20,21-14-6-2-7-15-21)22-16-8-3-9-17-22/h1-19,25,28H. The molecule has 0 radical (unpaired) electrons. The Kier molecular flexibility index (Phi) is 5.32. The van der Waals surface area contributed by atoms with E-state index in [2.05, 4.69) is 36.4 Å². The third-order valence-electron chi connectivity index (χ3n) is 5.22. The molecule has 0 saturated heterocycles. The van der Waals surface area contributed by atoms with Gasteiger partial charge in [0.15, 0.2) is 0 Å². The molecule has 0 aliphatic rings. The fourth-order valence-electron chi connectivity index (χ4n) is 4.06. The molecule has 0 heterocycles. The molecule has 0 amide bonds. The second-order valence-corrected chi connectivity index (χ2v) is 10.5. The Labute approximate surface area is 164 Å². The van der Waals surface area contributed by atoms with Crippen molar-refractivity contribution in [2.75, 3.05) is 0 Å². The molecule has 0 unspecified atom stereocenters. The van der Waals surface area contributed by atoms with Gasteiger partial charge in [-0.05, 0) is 0 Å². The van der Waals surface area contributed by atoms with Crippen LogP contribution in [0.2, 0.25) is 0 Å². The van der Waals surface area contributed by atoms with Gasteiger partial charge in [-0.3, -0.25) is 0 Å². The molecule has 4 aromatic rings. The molecule has 0 spiro atoms. The van der Waals surface area contributed by atoms with Crippen LogP contribution in [0.3, 0.4) is 0 Å². The molecule has 0 fully saturated rings. The Morgan fingerprint density at radius 1 is 0.464 bits per heavy atom. The fourth-order valence-corrected chi connectivity index (χ4v) is 9.04. The molecule has 0 N–H and O–H groups in total. The molecular formula is C25H21F2P. The van der Waals surface area contributed by atoms with E-state index in [9.17, 15) is 8.78 Å². The maximum absolute atomic E-state index is 14.1. The first-order chi connectivity index (χ1) is 13.7. The Morgan fingerprint density at radius 2 is 0.821 bits per heavy atom. The summed E-state index contributed by atoms with van der Waals surface area (Å²) in [6, 6.07) is 37.4. The molecule has 3 heteroatoms. The van der Waals surface area contributed by atoms with Gasteiger partial charge >= 0.3 is 165 Å². The van der Waals surface area contributed by atoms with E-state index in [-0.39, 0.29) is 5.56 Å². The van der Waals surface area contributed by atoms with Crippen LogP contribution in [0.25, 0.3) is 0 Å². The molecule has 0 atom stereocenters. The van der Waals surface area contributed by atoms with Crippen molar-refractivity contribution in [3.63, 3.8) is 0 Å². The summed E-state index contributed by atoms with van der Waals surface area (Å²) in [5, 5.41) is 4.04. The Bertz CT molecular complexity index is 935. The summed E-state index contributed by atoms with van der Waals surface area (Å²) in [4.78, 5) is 0. The number of hydrogen-bond donors (Lipinski definition) is 0. The number of benzene rings is 4. The van der Waals surface area contributed by atoms with E-state index in [0.29, 0.717) is 0 Å². The zero-order valence-electron chi connectivity index (χ0n) is 15.3. The Balaban J connectivity index is 2.18. The van der Waals surface area contributed by atoms with Crippen LogP contribution in [-0.4, -0.2) is 0 Å². The minimum atomic E-state index is -2.89. The second-order valence-electron chi connectivity index (χ2n) is 6.74. The molecule has 0 aliphatic heterocycles. The maximum atomic E-state index is 14.1. The molecule has 4 aromatic carbocycles. The van der Waals surface area contributed by atoms with Crippen molar-refractivity contribution in [2.45, 2.75) is 6.43 Å². The number of rotatable bonds is 5. The summed E-state index contributed by atoms with van der Waals surface area (Å²) in [7, 11) is -2.89. The van der Waals surface area contributed by atoms with E-state index in [0.717, 1.165) is 21.2 Å². The summed E-state index contributed by atoms with van der Waals surface area (Å²) in [6.07, 6.45) is -2.53. The van der Waals surface area contributed by atoms with Crippen molar-refractivity contribution < 1.29 is 8.78 Å². The molecule has 140 valence electrons. The SMILES string of the molecule is FC(F)c1ccccc1[PH](c1ccccc1)(c1ccccc1)c1ccccc1. The van der Waals surface area contributed by atoms with Gasteiger partial charge in [0.1, 0.15) is 0 Å². The van der Waals surface area contributed by atoms with Gasteiger partial charge in [-0.25, -0.2) is 0 Å². The van der Waals surface area contributed by atoms with Gasteiger partial charge < -0.3 is 0 Å². The van der Waals surface area contributed by atoms with Crippen LogP contribution < -0.4 is 21.2 Å². The number of alkyl halides is 2. The number of halogens is 2. The van der Waals surface area contributed by atoms with Gasteiger partial charge in [0, 0.05) is 0 Å². The van der Waals surface area contributed by atoms with Gasteiger partial charge in [-0.15, -0.1) is 0 Å². The second kappa shape index (κ2) is 8.04. The van der Waals surface area contributed by atoms with E-state index >= 15 is 0 Å². The van der Waals surface area contributed by atoms with Gasteiger partial charge in [-0.1, -0.05) is 0 Å². The molecule has 0 bridgehead atoms. The minimum absolute atomic E-state index is 0.116. The predicted octanol–water partition coefficient (Wildman–Crippen LogP) is 4.98. The van der Waals surface area contributed by atoms with Crippen molar-refractivity contribution in [1.29, 1.82) is 0 Å². The Hall–Kier alpha value is -2.83. The summed E-state index contributed by atoms with van der Waals surface area (Å²) in [5.41, 5.74) is 0.116. The summed E-state index contributed by atoms with van der Waals surface area (Å²) < 4.78 is 28.3. The van der Waals surface area contributed by atoms with Crippen molar-refractivity contribution >= 4 is 28.5 Å². The topological polar surface area (TPSA) is 0 Å². The van der Waals surface area contributed by atoms with Gasteiger partial charge in [0.05, 0.1) is 0 Å². The fraction of sp³-hybridized carbons (Fsp3) is 0.0400. The van der Waals surface area contributed by atoms with Crippen molar-refractivity contribution in [1.82, 2.24) is 0 Å². The normalized spacial score (nSPS) is 12.1. The van der Waals surface area contributed by atoms with Crippen LogP contribution in [0.4, 0.5) is 8.78 Å². The molecular weight excluding hydrogens is 369 g/mol. The molecule has 0 nitrogen and oxygen atoms in total. The van der Waals surface area contributed by atoms with E-state index in [1.165, 1.54) is 0 Å². The molecule has 28 heavy (non-hydrogen) atoms. The van der Waals surface area contributed by atoms with E-state index in [4.69, 9.17) is 0 Å². The average molecular weight is 390 g/mol. The van der Waals surface area contributed by atoms with E-state index < -0.39 is 13.7 Å². The summed E-state index contributed by atoms with van der Waals surface area (Å²) >= 11 is 0. The monoisotopic (exact) mass is 390 g/mol. The summed E-state index contributed by atoms with van der Waals surface area (Å²) in [5.74, 6) is 0. The first-order valence-electron chi connectivity index (χ1n) is 9.28. The van der Waals surface area contributed by atoms with E-state index in [1.807, 2.05) is 66.7 Å². The van der Waals surface area contributed by atoms with Crippen molar-refractivity contribution in [3.8, 4) is 0 Å². The van der Waals surface area contributed by atoms with Crippen LogP contribution in [0.5, 0.6) is 0 Å². The third-order valence-corrected chi connectivity index (χ3v) is 10.1. The summed E-state index contributed by atoms with van der Waals surface area (Å²) in [6.45, 7) is 0. The quantitative estimate of drug-likeness (QED) is 0.422. The van der Waals surface area contributed by atoms with Crippen LogP contribution in [0.1, 0.15) is 12.0 Å². The van der Waals surface area contributed by atoms with Crippen LogP contribution >= 0.6 is 7.26 Å². The first kappa shape index (κ1) is 18.5.